The average molecular weight is 494 g/mol. The highest BCUT2D eigenvalue weighted by atomic mass is 79.9. The van der Waals surface area contributed by atoms with Crippen molar-refractivity contribution in [2.24, 2.45) is 0 Å². The molecule has 0 radical (unpaired) electrons. The summed E-state index contributed by atoms with van der Waals surface area (Å²) in [6.07, 6.45) is -2.35. The molecule has 0 heterocycles. The largest absolute Gasteiger partial charge is 0.317 e. The zero-order valence-corrected chi connectivity index (χ0v) is 17.2. The maximum Gasteiger partial charge on any atom is 0.317 e. The van der Waals surface area contributed by atoms with Crippen molar-refractivity contribution >= 4 is 43.5 Å². The Bertz CT molecular complexity index is 1020. The van der Waals surface area contributed by atoms with Gasteiger partial charge in [-0.3, -0.25) is 24.7 Å². The summed E-state index contributed by atoms with van der Waals surface area (Å²) in [5, 5.41) is 0. The maximum absolute atomic E-state index is 14.4. The number of nitrogens with zero attached hydrogens (tertiary/aromatic N) is 1. The van der Waals surface area contributed by atoms with Crippen LogP contribution in [0, 0.1) is 5.82 Å². The zero-order valence-electron chi connectivity index (χ0n) is 14.8. The van der Waals surface area contributed by atoms with Gasteiger partial charge >= 0.3 is 12.3 Å². The second-order valence-electron chi connectivity index (χ2n) is 5.80. The molecule has 0 aliphatic rings. The van der Waals surface area contributed by atoms with Crippen LogP contribution in [-0.2, 0) is 21.4 Å². The van der Waals surface area contributed by atoms with Crippen LogP contribution in [0.2, 0.25) is 0 Å². The molecule has 12 heteroatoms. The number of hydrazine groups is 1. The lowest BCUT2D eigenvalue weighted by Crippen LogP contribution is -2.44. The average Bonchev–Trinajstić information content (AvgIpc) is 2.64. The Balaban J connectivity index is 2.21. The molecule has 0 saturated carbocycles. The molecule has 2 aromatic carbocycles. The van der Waals surface area contributed by atoms with Crippen LogP contribution in [0.5, 0.6) is 0 Å². The van der Waals surface area contributed by atoms with E-state index in [1.807, 2.05) is 0 Å². The van der Waals surface area contributed by atoms with Crippen LogP contribution in [0.4, 0.5) is 18.9 Å². The number of rotatable bonds is 6. The van der Waals surface area contributed by atoms with Crippen LogP contribution in [0.25, 0.3) is 0 Å². The molecule has 7 nitrogen and oxygen atoms in total. The number of sulfonamides is 1. The molecule has 0 unspecified atom stereocenters. The van der Waals surface area contributed by atoms with Crippen LogP contribution in [0.15, 0.2) is 46.9 Å². The van der Waals surface area contributed by atoms with E-state index in [1.165, 1.54) is 29.7 Å². The molecule has 0 bridgehead atoms. The molecule has 156 valence electrons. The lowest BCUT2D eigenvalue weighted by Gasteiger charge is -2.23. The lowest BCUT2D eigenvalue weighted by atomic mass is 10.1. The number of nitrogens with one attached hydrogen (secondary N) is 2. The van der Waals surface area contributed by atoms with Crippen LogP contribution < -0.4 is 15.2 Å². The fourth-order valence-electron chi connectivity index (χ4n) is 2.22. The first-order valence-corrected chi connectivity index (χ1v) is 10.5. The summed E-state index contributed by atoms with van der Waals surface area (Å²) in [7, 11) is -3.74. The Morgan fingerprint density at radius 3 is 2.24 bits per heavy atom. The van der Waals surface area contributed by atoms with E-state index in [0.717, 1.165) is 21.1 Å². The number of carbonyl (C=O) groups excluding carboxylic acids is 2. The molecule has 0 fully saturated rings. The van der Waals surface area contributed by atoms with Crippen molar-refractivity contribution in [1.82, 2.24) is 10.9 Å². The quantitative estimate of drug-likeness (QED) is 0.604. The van der Waals surface area contributed by atoms with Crippen molar-refractivity contribution in [3.8, 4) is 0 Å². The van der Waals surface area contributed by atoms with Gasteiger partial charge in [-0.25, -0.2) is 12.8 Å². The van der Waals surface area contributed by atoms with Crippen LogP contribution in [-0.4, -0.2) is 32.9 Å². The molecule has 2 N–H and O–H groups in total. The number of anilines is 1. The van der Waals surface area contributed by atoms with Gasteiger partial charge in [0.2, 0.25) is 10.0 Å². The Morgan fingerprint density at radius 1 is 1.10 bits per heavy atom. The van der Waals surface area contributed by atoms with E-state index >= 15 is 0 Å². The standard InChI is InChI=1S/C17H15BrF3N3O4S/c1-29(27,28)24(13-6-4-12(18)5-7-13)9-11-3-2-10(8-14(11)19)16(25)22-23-17(26)15(20)21/h2-8,15H,9H2,1H3,(H,22,25)(H,23,26). The number of alkyl halides is 2. The van der Waals surface area contributed by atoms with Gasteiger partial charge < -0.3 is 0 Å². The van der Waals surface area contributed by atoms with Crippen molar-refractivity contribution in [3.63, 3.8) is 0 Å². The molecular formula is C17H15BrF3N3O4S. The summed E-state index contributed by atoms with van der Waals surface area (Å²) >= 11 is 3.24. The van der Waals surface area contributed by atoms with Crippen LogP contribution in [0.1, 0.15) is 15.9 Å². The summed E-state index contributed by atoms with van der Waals surface area (Å²) in [4.78, 5) is 22.6. The second kappa shape index (κ2) is 9.27. The number of carbonyl (C=O) groups is 2. The van der Waals surface area contributed by atoms with Gasteiger partial charge in [0, 0.05) is 15.6 Å². The third-order valence-corrected chi connectivity index (χ3v) is 5.31. The van der Waals surface area contributed by atoms with E-state index in [4.69, 9.17) is 0 Å². The van der Waals surface area contributed by atoms with E-state index < -0.39 is 34.1 Å². The van der Waals surface area contributed by atoms with Gasteiger partial charge in [0.1, 0.15) is 5.82 Å². The third-order valence-electron chi connectivity index (χ3n) is 3.64. The Morgan fingerprint density at radius 2 is 1.72 bits per heavy atom. The fraction of sp³-hybridized carbons (Fsp3) is 0.176. The molecule has 2 rings (SSSR count). The smallest absolute Gasteiger partial charge is 0.267 e. The SMILES string of the molecule is CS(=O)(=O)N(Cc1ccc(C(=O)NNC(=O)C(F)F)cc1F)c1ccc(Br)cc1. The Kier molecular flexibility index (Phi) is 7.25. The summed E-state index contributed by atoms with van der Waals surface area (Å²) < 4.78 is 64.6. The lowest BCUT2D eigenvalue weighted by molar-refractivity contribution is -0.132. The number of amides is 2. The number of benzene rings is 2. The van der Waals surface area contributed by atoms with Crippen LogP contribution >= 0.6 is 15.9 Å². The predicted molar refractivity (Wildman–Crippen MR) is 103 cm³/mol. The monoisotopic (exact) mass is 493 g/mol. The third kappa shape index (κ3) is 6.19. The normalized spacial score (nSPS) is 11.2. The highest BCUT2D eigenvalue weighted by molar-refractivity contribution is 9.10. The van der Waals surface area contributed by atoms with Gasteiger partial charge in [0.05, 0.1) is 18.5 Å². The highest BCUT2D eigenvalue weighted by Crippen LogP contribution is 2.24. The molecule has 0 atom stereocenters. The summed E-state index contributed by atoms with van der Waals surface area (Å²) in [5.74, 6) is -3.62. The minimum atomic E-state index is -3.74. The number of halogens is 4. The molecule has 0 aliphatic carbocycles. The van der Waals surface area contributed by atoms with Crippen molar-refractivity contribution < 1.29 is 31.2 Å². The number of hydrogen-bond donors (Lipinski definition) is 2. The van der Waals surface area contributed by atoms with E-state index in [0.29, 0.717) is 5.69 Å². The molecule has 2 aromatic rings. The fourth-order valence-corrected chi connectivity index (χ4v) is 3.37. The zero-order chi connectivity index (χ0) is 21.8. The molecular weight excluding hydrogens is 479 g/mol. The molecule has 0 saturated heterocycles. The minimum absolute atomic E-state index is 0.0218. The molecule has 29 heavy (non-hydrogen) atoms. The van der Waals surface area contributed by atoms with Gasteiger partial charge in [0.15, 0.2) is 0 Å². The molecule has 2 amide bonds. The molecule has 0 spiro atoms. The topological polar surface area (TPSA) is 95.6 Å². The molecule has 0 aromatic heterocycles. The van der Waals surface area contributed by atoms with E-state index in [9.17, 15) is 31.2 Å². The highest BCUT2D eigenvalue weighted by Gasteiger charge is 2.21. The Hall–Kier alpha value is -2.60. The van der Waals surface area contributed by atoms with Crippen molar-refractivity contribution in [2.45, 2.75) is 13.0 Å². The van der Waals surface area contributed by atoms with Crippen molar-refractivity contribution in [2.75, 3.05) is 10.6 Å². The van der Waals surface area contributed by atoms with Gasteiger partial charge in [-0.2, -0.15) is 8.78 Å². The van der Waals surface area contributed by atoms with Gasteiger partial charge in [-0.1, -0.05) is 22.0 Å². The molecule has 0 aliphatic heterocycles. The van der Waals surface area contributed by atoms with Gasteiger partial charge in [0.25, 0.3) is 5.91 Å². The summed E-state index contributed by atoms with van der Waals surface area (Å²) in [6.45, 7) is -0.337. The van der Waals surface area contributed by atoms with Gasteiger partial charge in [-0.15, -0.1) is 0 Å². The Labute approximate surface area is 173 Å². The summed E-state index contributed by atoms with van der Waals surface area (Å²) in [5.41, 5.74) is 3.25. The second-order valence-corrected chi connectivity index (χ2v) is 8.62. The predicted octanol–water partition coefficient (Wildman–Crippen LogP) is 2.58. The van der Waals surface area contributed by atoms with E-state index in [2.05, 4.69) is 15.9 Å². The maximum atomic E-state index is 14.4. The minimum Gasteiger partial charge on any atom is -0.267 e. The number of hydrogen-bond acceptors (Lipinski definition) is 4. The van der Waals surface area contributed by atoms with Crippen molar-refractivity contribution in [1.29, 1.82) is 0 Å². The van der Waals surface area contributed by atoms with Crippen LogP contribution in [0.3, 0.4) is 0 Å². The first kappa shape index (κ1) is 22.7. The van der Waals surface area contributed by atoms with E-state index in [1.54, 1.807) is 17.6 Å². The summed E-state index contributed by atoms with van der Waals surface area (Å²) in [6, 6.07) is 9.50. The first-order chi connectivity index (χ1) is 13.5. The van der Waals surface area contributed by atoms with E-state index in [-0.39, 0.29) is 17.7 Å². The van der Waals surface area contributed by atoms with Gasteiger partial charge in [-0.05, 0) is 36.4 Å². The first-order valence-electron chi connectivity index (χ1n) is 7.89. The van der Waals surface area contributed by atoms with Crippen molar-refractivity contribution in [3.05, 3.63) is 63.9 Å².